The molecule has 0 bridgehead atoms. The molecule has 1 aliphatic carbocycles. The molecule has 2 atom stereocenters. The van der Waals surface area contributed by atoms with E-state index in [1.165, 1.54) is 12.8 Å². The molecule has 2 aromatic rings. The third kappa shape index (κ3) is 5.77. The average Bonchev–Trinajstić information content (AvgIpc) is 3.35. The number of rotatable bonds is 7. The van der Waals surface area contributed by atoms with Gasteiger partial charge in [-0.2, -0.15) is 0 Å². The number of nitrogens with one attached hydrogen (secondary N) is 1. The molecule has 2 amide bonds. The van der Waals surface area contributed by atoms with Gasteiger partial charge in [0.15, 0.2) is 0 Å². The SMILES string of the molecule is CCC(C(=O)N1CCN(C(C(=O)Nc2cccc(Cl)c2)C2CCCC2)CC1)c1ccccc1. The first-order valence-electron chi connectivity index (χ1n) is 12.2. The maximum Gasteiger partial charge on any atom is 0.242 e. The summed E-state index contributed by atoms with van der Waals surface area (Å²) in [5.41, 5.74) is 1.81. The summed E-state index contributed by atoms with van der Waals surface area (Å²) in [7, 11) is 0. The molecular weight excluding hydrogens is 434 g/mol. The predicted octanol–water partition coefficient (Wildman–Crippen LogP) is 5.18. The Bertz CT molecular complexity index is 937. The van der Waals surface area contributed by atoms with Crippen LogP contribution in [0.5, 0.6) is 0 Å². The minimum atomic E-state index is -0.167. The topological polar surface area (TPSA) is 52.7 Å². The summed E-state index contributed by atoms with van der Waals surface area (Å²) in [5.74, 6) is 0.498. The van der Waals surface area contributed by atoms with Crippen LogP contribution >= 0.6 is 11.6 Å². The van der Waals surface area contributed by atoms with Crippen molar-refractivity contribution in [3.8, 4) is 0 Å². The van der Waals surface area contributed by atoms with Gasteiger partial charge in [-0.25, -0.2) is 0 Å². The van der Waals surface area contributed by atoms with E-state index in [0.29, 0.717) is 24.0 Å². The monoisotopic (exact) mass is 467 g/mol. The van der Waals surface area contributed by atoms with Gasteiger partial charge in [-0.15, -0.1) is 0 Å². The van der Waals surface area contributed by atoms with Crippen LogP contribution in [0.3, 0.4) is 0 Å². The van der Waals surface area contributed by atoms with Crippen LogP contribution in [0.25, 0.3) is 0 Å². The zero-order valence-electron chi connectivity index (χ0n) is 19.4. The van der Waals surface area contributed by atoms with Gasteiger partial charge in [-0.3, -0.25) is 14.5 Å². The van der Waals surface area contributed by atoms with Gasteiger partial charge in [-0.05, 0) is 48.9 Å². The number of piperazine rings is 1. The lowest BCUT2D eigenvalue weighted by Gasteiger charge is -2.41. The van der Waals surface area contributed by atoms with E-state index in [1.807, 2.05) is 47.4 Å². The van der Waals surface area contributed by atoms with Gasteiger partial charge in [0.1, 0.15) is 0 Å². The third-order valence-corrected chi connectivity index (χ3v) is 7.37. The number of hydrogen-bond donors (Lipinski definition) is 1. The Labute approximate surface area is 202 Å². The molecule has 5 nitrogen and oxygen atoms in total. The molecular formula is C27H34ClN3O2. The highest BCUT2D eigenvalue weighted by Crippen LogP contribution is 2.32. The molecule has 2 aliphatic rings. The van der Waals surface area contributed by atoms with Gasteiger partial charge in [0.05, 0.1) is 12.0 Å². The van der Waals surface area contributed by atoms with Crippen molar-refractivity contribution < 1.29 is 9.59 Å². The largest absolute Gasteiger partial charge is 0.340 e. The highest BCUT2D eigenvalue weighted by molar-refractivity contribution is 6.30. The first kappa shape index (κ1) is 23.8. The van der Waals surface area contributed by atoms with Crippen molar-refractivity contribution in [1.29, 1.82) is 0 Å². The summed E-state index contributed by atoms with van der Waals surface area (Å²) in [5, 5.41) is 3.71. The van der Waals surface area contributed by atoms with E-state index in [-0.39, 0.29) is 23.8 Å². The van der Waals surface area contributed by atoms with Crippen molar-refractivity contribution >= 4 is 29.1 Å². The minimum Gasteiger partial charge on any atom is -0.340 e. The second kappa shape index (κ2) is 11.2. The summed E-state index contributed by atoms with van der Waals surface area (Å²) in [4.78, 5) is 31.0. The Hall–Kier alpha value is -2.37. The molecule has 1 aliphatic heterocycles. The second-order valence-corrected chi connectivity index (χ2v) is 9.66. The van der Waals surface area contributed by atoms with E-state index in [1.54, 1.807) is 12.1 Å². The lowest BCUT2D eigenvalue weighted by atomic mass is 9.93. The smallest absolute Gasteiger partial charge is 0.242 e. The zero-order chi connectivity index (χ0) is 23.2. The van der Waals surface area contributed by atoms with E-state index >= 15 is 0 Å². The van der Waals surface area contributed by atoms with E-state index in [4.69, 9.17) is 11.6 Å². The van der Waals surface area contributed by atoms with Gasteiger partial charge in [0.25, 0.3) is 0 Å². The van der Waals surface area contributed by atoms with Crippen LogP contribution in [-0.4, -0.2) is 53.8 Å². The van der Waals surface area contributed by atoms with Crippen LogP contribution in [0.2, 0.25) is 5.02 Å². The Morgan fingerprint density at radius 2 is 1.70 bits per heavy atom. The highest BCUT2D eigenvalue weighted by Gasteiger charge is 2.38. The van der Waals surface area contributed by atoms with Crippen molar-refractivity contribution in [2.75, 3.05) is 31.5 Å². The summed E-state index contributed by atoms with van der Waals surface area (Å²) in [6, 6.07) is 17.2. The number of carbonyl (C=O) groups is 2. The molecule has 176 valence electrons. The molecule has 2 unspecified atom stereocenters. The van der Waals surface area contributed by atoms with Gasteiger partial charge < -0.3 is 10.2 Å². The fourth-order valence-corrected chi connectivity index (χ4v) is 5.60. The van der Waals surface area contributed by atoms with E-state index in [2.05, 4.69) is 17.1 Å². The molecule has 6 heteroatoms. The Morgan fingerprint density at radius 3 is 2.33 bits per heavy atom. The lowest BCUT2D eigenvalue weighted by Crippen LogP contribution is -2.57. The van der Waals surface area contributed by atoms with Crippen molar-refractivity contribution in [3.05, 3.63) is 65.2 Å². The predicted molar refractivity (Wildman–Crippen MR) is 133 cm³/mol. The number of hydrogen-bond acceptors (Lipinski definition) is 3. The van der Waals surface area contributed by atoms with Crippen molar-refractivity contribution in [1.82, 2.24) is 9.80 Å². The number of nitrogens with zero attached hydrogens (tertiary/aromatic N) is 2. The minimum absolute atomic E-state index is 0.0414. The Kier molecular flexibility index (Phi) is 8.05. The van der Waals surface area contributed by atoms with Gasteiger partial charge in [-0.1, -0.05) is 67.8 Å². The third-order valence-electron chi connectivity index (χ3n) is 7.13. The Balaban J connectivity index is 1.42. The summed E-state index contributed by atoms with van der Waals surface area (Å²) in [6.07, 6.45) is 5.31. The maximum atomic E-state index is 13.4. The zero-order valence-corrected chi connectivity index (χ0v) is 20.1. The number of anilines is 1. The van der Waals surface area contributed by atoms with Crippen LogP contribution in [0.1, 0.15) is 50.5 Å². The van der Waals surface area contributed by atoms with E-state index in [9.17, 15) is 9.59 Å². The number of halogens is 1. The fourth-order valence-electron chi connectivity index (χ4n) is 5.41. The standard InChI is InChI=1S/C27H34ClN3O2/c1-2-24(20-9-4-3-5-10-20)27(33)31-17-15-30(16-18-31)25(21-11-6-7-12-21)26(32)29-23-14-8-13-22(28)19-23/h3-5,8-10,13-14,19,21,24-25H,2,6-7,11-12,15-18H2,1H3,(H,29,32). The first-order chi connectivity index (χ1) is 16.1. The van der Waals surface area contributed by atoms with Crippen LogP contribution < -0.4 is 5.32 Å². The number of carbonyl (C=O) groups excluding carboxylic acids is 2. The Morgan fingerprint density at radius 1 is 1.00 bits per heavy atom. The van der Waals surface area contributed by atoms with Crippen LogP contribution in [0, 0.1) is 5.92 Å². The van der Waals surface area contributed by atoms with Crippen LogP contribution in [0.15, 0.2) is 54.6 Å². The molecule has 1 N–H and O–H groups in total. The molecule has 2 aromatic carbocycles. The normalized spacial score (nSPS) is 19.3. The van der Waals surface area contributed by atoms with Crippen LogP contribution in [-0.2, 0) is 9.59 Å². The number of benzene rings is 2. The fraction of sp³-hybridized carbons (Fsp3) is 0.481. The summed E-state index contributed by atoms with van der Waals surface area (Å²) in [6.45, 7) is 4.84. The first-order valence-corrected chi connectivity index (χ1v) is 12.6. The number of amides is 2. The molecule has 0 radical (unpaired) electrons. The molecule has 0 aromatic heterocycles. The van der Waals surface area contributed by atoms with Crippen molar-refractivity contribution in [3.63, 3.8) is 0 Å². The second-order valence-electron chi connectivity index (χ2n) is 9.22. The average molecular weight is 468 g/mol. The van der Waals surface area contributed by atoms with E-state index in [0.717, 1.165) is 43.6 Å². The molecule has 1 saturated carbocycles. The molecule has 1 saturated heterocycles. The quantitative estimate of drug-likeness (QED) is 0.610. The molecule has 33 heavy (non-hydrogen) atoms. The van der Waals surface area contributed by atoms with Gasteiger partial charge >= 0.3 is 0 Å². The lowest BCUT2D eigenvalue weighted by molar-refractivity contribution is -0.136. The molecule has 0 spiro atoms. The molecule has 4 rings (SSSR count). The van der Waals surface area contributed by atoms with Gasteiger partial charge in [0.2, 0.25) is 11.8 Å². The van der Waals surface area contributed by atoms with E-state index < -0.39 is 0 Å². The van der Waals surface area contributed by atoms with Crippen molar-refractivity contribution in [2.24, 2.45) is 5.92 Å². The van der Waals surface area contributed by atoms with Crippen molar-refractivity contribution in [2.45, 2.75) is 51.0 Å². The maximum absolute atomic E-state index is 13.4. The summed E-state index contributed by atoms with van der Waals surface area (Å²) >= 11 is 6.11. The summed E-state index contributed by atoms with van der Waals surface area (Å²) < 4.78 is 0. The molecule has 1 heterocycles. The highest BCUT2D eigenvalue weighted by atomic mass is 35.5. The van der Waals surface area contributed by atoms with Crippen LogP contribution in [0.4, 0.5) is 5.69 Å². The molecule has 2 fully saturated rings. The van der Waals surface area contributed by atoms with Gasteiger partial charge in [0, 0.05) is 36.9 Å².